The lowest BCUT2D eigenvalue weighted by Crippen LogP contribution is -1.99. The normalized spacial score (nSPS) is 11.1. The van der Waals surface area contributed by atoms with Gasteiger partial charge in [-0.25, -0.2) is 4.98 Å². The Morgan fingerprint density at radius 3 is 3.00 bits per heavy atom. The van der Waals surface area contributed by atoms with Crippen LogP contribution in [0.3, 0.4) is 0 Å². The van der Waals surface area contributed by atoms with Crippen molar-refractivity contribution in [3.63, 3.8) is 0 Å². The molecule has 0 fully saturated rings. The molecule has 0 aliphatic carbocycles. The minimum Gasteiger partial charge on any atom is -0.441 e. The molecule has 0 spiro atoms. The molecule has 4 heteroatoms. The third kappa shape index (κ3) is 2.33. The molecule has 0 bridgehead atoms. The van der Waals surface area contributed by atoms with Crippen molar-refractivity contribution < 1.29 is 9.15 Å². The van der Waals surface area contributed by atoms with E-state index >= 15 is 0 Å². The number of oxazole rings is 1. The molecular formula is C12H16N2O2. The van der Waals surface area contributed by atoms with E-state index in [1.165, 1.54) is 0 Å². The van der Waals surface area contributed by atoms with Crippen LogP contribution in [0.5, 0.6) is 0 Å². The minimum absolute atomic E-state index is 0.639. The van der Waals surface area contributed by atoms with Crippen molar-refractivity contribution in [2.45, 2.75) is 19.8 Å². The first-order chi connectivity index (χ1) is 7.81. The van der Waals surface area contributed by atoms with Gasteiger partial charge in [0.25, 0.3) is 0 Å². The lowest BCUT2D eigenvalue weighted by Gasteiger charge is -1.98. The number of ether oxygens (including phenoxy) is 1. The molecule has 2 N–H and O–H groups in total. The first-order valence-corrected chi connectivity index (χ1v) is 5.53. The zero-order valence-corrected chi connectivity index (χ0v) is 9.40. The average Bonchev–Trinajstić information content (AvgIpc) is 2.69. The highest BCUT2D eigenvalue weighted by molar-refractivity contribution is 5.85. The van der Waals surface area contributed by atoms with Crippen molar-refractivity contribution in [1.82, 2.24) is 4.98 Å². The number of aromatic nitrogens is 1. The number of hydrogen-bond acceptors (Lipinski definition) is 4. The maximum absolute atomic E-state index is 5.79. The summed E-state index contributed by atoms with van der Waals surface area (Å²) >= 11 is 0. The third-order valence-electron chi connectivity index (χ3n) is 2.30. The molecule has 86 valence electrons. The molecule has 0 aliphatic heterocycles. The summed E-state index contributed by atoms with van der Waals surface area (Å²) in [6.45, 7) is 3.50. The van der Waals surface area contributed by atoms with Gasteiger partial charge in [0.1, 0.15) is 5.52 Å². The molecule has 0 aliphatic rings. The SMILES string of the molecule is CCCOCCc1nc2c(N)cccc2o1. The summed E-state index contributed by atoms with van der Waals surface area (Å²) in [4.78, 5) is 4.34. The highest BCUT2D eigenvalue weighted by atomic mass is 16.5. The number of fused-ring (bicyclic) bond motifs is 1. The monoisotopic (exact) mass is 220 g/mol. The number of rotatable bonds is 5. The summed E-state index contributed by atoms with van der Waals surface area (Å²) in [6, 6.07) is 5.55. The molecule has 1 heterocycles. The maximum atomic E-state index is 5.79. The standard InChI is InChI=1S/C12H16N2O2/c1-2-7-15-8-6-11-14-12-9(13)4-3-5-10(12)16-11/h3-5H,2,6-8,13H2,1H3. The highest BCUT2D eigenvalue weighted by Crippen LogP contribution is 2.21. The van der Waals surface area contributed by atoms with Crippen molar-refractivity contribution in [1.29, 1.82) is 0 Å². The van der Waals surface area contributed by atoms with Crippen molar-refractivity contribution >= 4 is 16.8 Å². The molecule has 4 nitrogen and oxygen atoms in total. The summed E-state index contributed by atoms with van der Waals surface area (Å²) in [5, 5.41) is 0. The van der Waals surface area contributed by atoms with Gasteiger partial charge >= 0.3 is 0 Å². The second-order valence-electron chi connectivity index (χ2n) is 3.66. The smallest absolute Gasteiger partial charge is 0.197 e. The van der Waals surface area contributed by atoms with Crippen LogP contribution in [0.4, 0.5) is 5.69 Å². The van der Waals surface area contributed by atoms with E-state index < -0.39 is 0 Å². The molecule has 0 saturated heterocycles. The lowest BCUT2D eigenvalue weighted by molar-refractivity contribution is 0.133. The zero-order valence-electron chi connectivity index (χ0n) is 9.40. The van der Waals surface area contributed by atoms with E-state index in [1.807, 2.05) is 18.2 Å². The Kier molecular flexibility index (Phi) is 3.41. The fourth-order valence-corrected chi connectivity index (χ4v) is 1.53. The van der Waals surface area contributed by atoms with Gasteiger partial charge in [0.2, 0.25) is 0 Å². The first-order valence-electron chi connectivity index (χ1n) is 5.53. The number of anilines is 1. The second kappa shape index (κ2) is 4.99. The molecular weight excluding hydrogens is 204 g/mol. The number of nitrogens with zero attached hydrogens (tertiary/aromatic N) is 1. The number of nitrogens with two attached hydrogens (primary N) is 1. The van der Waals surface area contributed by atoms with E-state index in [-0.39, 0.29) is 0 Å². The second-order valence-corrected chi connectivity index (χ2v) is 3.66. The van der Waals surface area contributed by atoms with E-state index in [0.717, 1.165) is 24.1 Å². The summed E-state index contributed by atoms with van der Waals surface area (Å²) in [5.41, 5.74) is 7.93. The van der Waals surface area contributed by atoms with Gasteiger partial charge in [-0.15, -0.1) is 0 Å². The van der Waals surface area contributed by atoms with Gasteiger partial charge in [0.15, 0.2) is 11.5 Å². The molecule has 0 radical (unpaired) electrons. The van der Waals surface area contributed by atoms with E-state index in [9.17, 15) is 0 Å². The topological polar surface area (TPSA) is 61.3 Å². The molecule has 1 aromatic carbocycles. The lowest BCUT2D eigenvalue weighted by atomic mass is 10.3. The molecule has 0 atom stereocenters. The van der Waals surface area contributed by atoms with Gasteiger partial charge in [-0.3, -0.25) is 0 Å². The number of hydrogen-bond donors (Lipinski definition) is 1. The van der Waals surface area contributed by atoms with E-state index in [1.54, 1.807) is 0 Å². The van der Waals surface area contributed by atoms with E-state index in [4.69, 9.17) is 14.9 Å². The fourth-order valence-electron chi connectivity index (χ4n) is 1.53. The summed E-state index contributed by atoms with van der Waals surface area (Å²) in [7, 11) is 0. The van der Waals surface area contributed by atoms with Crippen molar-refractivity contribution in [2.75, 3.05) is 18.9 Å². The third-order valence-corrected chi connectivity index (χ3v) is 2.30. The van der Waals surface area contributed by atoms with Gasteiger partial charge in [-0.2, -0.15) is 0 Å². The largest absolute Gasteiger partial charge is 0.441 e. The Hall–Kier alpha value is -1.55. The first kappa shape index (κ1) is 11.0. The van der Waals surface area contributed by atoms with Crippen molar-refractivity contribution in [2.24, 2.45) is 0 Å². The van der Waals surface area contributed by atoms with Crippen LogP contribution in [-0.2, 0) is 11.2 Å². The summed E-state index contributed by atoms with van der Waals surface area (Å²) in [6.07, 6.45) is 1.72. The van der Waals surface area contributed by atoms with Crippen LogP contribution in [0.1, 0.15) is 19.2 Å². The van der Waals surface area contributed by atoms with Gasteiger partial charge in [-0.1, -0.05) is 13.0 Å². The van der Waals surface area contributed by atoms with E-state index in [0.29, 0.717) is 24.6 Å². The molecule has 0 saturated carbocycles. The van der Waals surface area contributed by atoms with E-state index in [2.05, 4.69) is 11.9 Å². The highest BCUT2D eigenvalue weighted by Gasteiger charge is 2.07. The molecule has 1 aromatic heterocycles. The van der Waals surface area contributed by atoms with Gasteiger partial charge in [0, 0.05) is 13.0 Å². The molecule has 16 heavy (non-hydrogen) atoms. The molecule has 0 unspecified atom stereocenters. The summed E-state index contributed by atoms with van der Waals surface area (Å²) < 4.78 is 10.9. The minimum atomic E-state index is 0.639. The van der Waals surface area contributed by atoms with Gasteiger partial charge < -0.3 is 14.9 Å². The fraction of sp³-hybridized carbons (Fsp3) is 0.417. The Bertz CT molecular complexity index is 465. The quantitative estimate of drug-likeness (QED) is 0.620. The van der Waals surface area contributed by atoms with Crippen LogP contribution in [0.15, 0.2) is 22.6 Å². The van der Waals surface area contributed by atoms with Crippen molar-refractivity contribution in [3.05, 3.63) is 24.1 Å². The Labute approximate surface area is 94.4 Å². The number of benzene rings is 1. The number of nitrogen functional groups attached to an aromatic ring is 1. The predicted molar refractivity (Wildman–Crippen MR) is 63.2 cm³/mol. The average molecular weight is 220 g/mol. The molecule has 2 aromatic rings. The van der Waals surface area contributed by atoms with Crippen molar-refractivity contribution in [3.8, 4) is 0 Å². The van der Waals surface area contributed by atoms with Crippen LogP contribution >= 0.6 is 0 Å². The van der Waals surface area contributed by atoms with Crippen LogP contribution in [0, 0.1) is 0 Å². The van der Waals surface area contributed by atoms with Gasteiger partial charge in [-0.05, 0) is 18.6 Å². The summed E-state index contributed by atoms with van der Waals surface area (Å²) in [5.74, 6) is 0.684. The predicted octanol–water partition coefficient (Wildman–Crippen LogP) is 2.38. The maximum Gasteiger partial charge on any atom is 0.197 e. The molecule has 0 amide bonds. The Morgan fingerprint density at radius 2 is 2.25 bits per heavy atom. The van der Waals surface area contributed by atoms with Crippen LogP contribution in [0.25, 0.3) is 11.1 Å². The number of para-hydroxylation sites is 1. The van der Waals surface area contributed by atoms with Crippen LogP contribution in [-0.4, -0.2) is 18.2 Å². The van der Waals surface area contributed by atoms with Gasteiger partial charge in [0.05, 0.1) is 12.3 Å². The Morgan fingerprint density at radius 1 is 1.38 bits per heavy atom. The van der Waals surface area contributed by atoms with Crippen LogP contribution < -0.4 is 5.73 Å². The van der Waals surface area contributed by atoms with Crippen LogP contribution in [0.2, 0.25) is 0 Å². The Balaban J connectivity index is 2.05. The zero-order chi connectivity index (χ0) is 11.4. The molecule has 2 rings (SSSR count).